The number of amides is 1. The minimum absolute atomic E-state index is 0.0798. The summed E-state index contributed by atoms with van der Waals surface area (Å²) in [6.45, 7) is 0.124. The number of aliphatic carboxylic acids is 1. The molecule has 1 aromatic heterocycles. The largest absolute Gasteiger partial charge is 0.481 e. The van der Waals surface area contributed by atoms with Gasteiger partial charge in [0.15, 0.2) is 0 Å². The zero-order valence-corrected chi connectivity index (χ0v) is 7.73. The Morgan fingerprint density at radius 2 is 2.36 bits per heavy atom. The van der Waals surface area contributed by atoms with Gasteiger partial charge in [-0.05, 0) is 6.07 Å². The van der Waals surface area contributed by atoms with Crippen LogP contribution in [0.25, 0.3) is 0 Å². The first-order chi connectivity index (χ1) is 6.61. The maximum absolute atomic E-state index is 11.3. The highest BCUT2D eigenvalue weighted by molar-refractivity contribution is 5.92. The molecule has 0 aromatic carbocycles. The van der Waals surface area contributed by atoms with Crippen molar-refractivity contribution in [1.29, 1.82) is 0 Å². The molecule has 0 unspecified atom stereocenters. The van der Waals surface area contributed by atoms with Crippen LogP contribution in [0.5, 0.6) is 0 Å². The van der Waals surface area contributed by atoms with Crippen LogP contribution in [0.15, 0.2) is 12.3 Å². The number of rotatable bonds is 4. The molecule has 0 aliphatic rings. The number of carbonyl (C=O) groups is 2. The van der Waals surface area contributed by atoms with Gasteiger partial charge in [0.2, 0.25) is 0 Å². The predicted molar refractivity (Wildman–Crippen MR) is 47.8 cm³/mol. The van der Waals surface area contributed by atoms with Gasteiger partial charge in [-0.1, -0.05) is 0 Å². The molecule has 0 saturated carbocycles. The number of hydrogen-bond donors (Lipinski definition) is 2. The van der Waals surface area contributed by atoms with Crippen LogP contribution in [-0.4, -0.2) is 33.3 Å². The first-order valence-corrected chi connectivity index (χ1v) is 4.09. The Hall–Kier alpha value is -1.85. The van der Waals surface area contributed by atoms with Crippen LogP contribution < -0.4 is 5.32 Å². The normalized spacial score (nSPS) is 9.79. The molecule has 1 heterocycles. The summed E-state index contributed by atoms with van der Waals surface area (Å²) in [6.07, 6.45) is 1.43. The SMILES string of the molecule is Cn1nccc1C(=O)NCCC(=O)O. The van der Waals surface area contributed by atoms with Gasteiger partial charge in [-0.15, -0.1) is 0 Å². The van der Waals surface area contributed by atoms with E-state index < -0.39 is 5.97 Å². The van der Waals surface area contributed by atoms with Crippen LogP contribution in [0.1, 0.15) is 16.9 Å². The van der Waals surface area contributed by atoms with Crippen molar-refractivity contribution >= 4 is 11.9 Å². The molecule has 0 saturated heterocycles. The van der Waals surface area contributed by atoms with Gasteiger partial charge in [-0.2, -0.15) is 5.10 Å². The van der Waals surface area contributed by atoms with Crippen LogP contribution in [0.4, 0.5) is 0 Å². The van der Waals surface area contributed by atoms with E-state index in [-0.39, 0.29) is 18.9 Å². The molecule has 6 nitrogen and oxygen atoms in total. The van der Waals surface area contributed by atoms with Crippen molar-refractivity contribution in [2.24, 2.45) is 7.05 Å². The van der Waals surface area contributed by atoms with Gasteiger partial charge >= 0.3 is 5.97 Å². The standard InChI is InChI=1S/C8H11N3O3/c1-11-6(2-5-10-11)8(14)9-4-3-7(12)13/h2,5H,3-4H2,1H3,(H,9,14)(H,12,13). The number of aryl methyl sites for hydroxylation is 1. The molecule has 1 aromatic rings. The van der Waals surface area contributed by atoms with E-state index in [0.29, 0.717) is 5.69 Å². The summed E-state index contributed by atoms with van der Waals surface area (Å²) in [5, 5.41) is 14.6. The third-order valence-corrected chi connectivity index (χ3v) is 1.68. The van der Waals surface area contributed by atoms with E-state index in [1.54, 1.807) is 13.1 Å². The Balaban J connectivity index is 2.44. The average molecular weight is 197 g/mol. The molecule has 2 N–H and O–H groups in total. The number of hydrogen-bond acceptors (Lipinski definition) is 3. The highest BCUT2D eigenvalue weighted by Gasteiger charge is 2.08. The fraction of sp³-hybridized carbons (Fsp3) is 0.375. The predicted octanol–water partition coefficient (Wildman–Crippen LogP) is -0.375. The second-order valence-corrected chi connectivity index (χ2v) is 2.74. The minimum Gasteiger partial charge on any atom is -0.481 e. The van der Waals surface area contributed by atoms with Crippen molar-refractivity contribution in [2.45, 2.75) is 6.42 Å². The summed E-state index contributed by atoms with van der Waals surface area (Å²) in [7, 11) is 1.64. The zero-order valence-electron chi connectivity index (χ0n) is 7.73. The molecule has 1 amide bonds. The number of carbonyl (C=O) groups excluding carboxylic acids is 1. The van der Waals surface area contributed by atoms with Crippen LogP contribution in [0, 0.1) is 0 Å². The van der Waals surface area contributed by atoms with E-state index in [0.717, 1.165) is 0 Å². The third-order valence-electron chi connectivity index (χ3n) is 1.68. The Bertz CT molecular complexity index is 345. The summed E-state index contributed by atoms with van der Waals surface area (Å²) in [5.41, 5.74) is 0.412. The molecule has 0 fully saturated rings. The second-order valence-electron chi connectivity index (χ2n) is 2.74. The maximum Gasteiger partial charge on any atom is 0.305 e. The molecule has 0 radical (unpaired) electrons. The molecular weight excluding hydrogens is 186 g/mol. The molecular formula is C8H11N3O3. The Kier molecular flexibility index (Phi) is 3.22. The lowest BCUT2D eigenvalue weighted by atomic mass is 10.3. The second kappa shape index (κ2) is 4.40. The Morgan fingerprint density at radius 1 is 1.64 bits per heavy atom. The van der Waals surface area contributed by atoms with Gasteiger partial charge in [-0.25, -0.2) is 0 Å². The van der Waals surface area contributed by atoms with Gasteiger partial charge in [0.25, 0.3) is 5.91 Å². The molecule has 0 aliphatic carbocycles. The lowest BCUT2D eigenvalue weighted by Crippen LogP contribution is -2.27. The highest BCUT2D eigenvalue weighted by Crippen LogP contribution is 1.95. The van der Waals surface area contributed by atoms with Crippen LogP contribution in [0.2, 0.25) is 0 Å². The lowest BCUT2D eigenvalue weighted by Gasteiger charge is -2.02. The molecule has 1 rings (SSSR count). The maximum atomic E-state index is 11.3. The Labute approximate surface area is 80.5 Å². The summed E-state index contributed by atoms with van der Waals surface area (Å²) in [4.78, 5) is 21.5. The van der Waals surface area contributed by atoms with Gasteiger partial charge in [0.05, 0.1) is 6.42 Å². The Morgan fingerprint density at radius 3 is 2.86 bits per heavy atom. The zero-order chi connectivity index (χ0) is 10.6. The fourth-order valence-corrected chi connectivity index (χ4v) is 0.970. The molecule has 6 heteroatoms. The summed E-state index contributed by atoms with van der Waals surface area (Å²) in [6, 6.07) is 1.57. The van der Waals surface area contributed by atoms with Crippen molar-refractivity contribution in [3.63, 3.8) is 0 Å². The summed E-state index contributed by atoms with van der Waals surface area (Å²) >= 11 is 0. The fourth-order valence-electron chi connectivity index (χ4n) is 0.970. The third kappa shape index (κ3) is 2.58. The number of nitrogens with zero attached hydrogens (tertiary/aromatic N) is 2. The van der Waals surface area contributed by atoms with Crippen LogP contribution in [-0.2, 0) is 11.8 Å². The van der Waals surface area contributed by atoms with E-state index >= 15 is 0 Å². The van der Waals surface area contributed by atoms with E-state index in [4.69, 9.17) is 5.11 Å². The monoisotopic (exact) mass is 197 g/mol. The topological polar surface area (TPSA) is 84.2 Å². The van der Waals surface area contributed by atoms with Crippen molar-refractivity contribution in [3.05, 3.63) is 18.0 Å². The summed E-state index contributed by atoms with van der Waals surface area (Å²) in [5.74, 6) is -1.25. The smallest absolute Gasteiger partial charge is 0.305 e. The molecule has 0 bridgehead atoms. The molecule has 0 atom stereocenters. The lowest BCUT2D eigenvalue weighted by molar-refractivity contribution is -0.136. The van der Waals surface area contributed by atoms with Crippen LogP contribution >= 0.6 is 0 Å². The highest BCUT2D eigenvalue weighted by atomic mass is 16.4. The van der Waals surface area contributed by atoms with E-state index in [2.05, 4.69) is 10.4 Å². The average Bonchev–Trinajstić information content (AvgIpc) is 2.50. The van der Waals surface area contributed by atoms with E-state index in [1.165, 1.54) is 10.9 Å². The number of aromatic nitrogens is 2. The molecule has 14 heavy (non-hydrogen) atoms. The van der Waals surface area contributed by atoms with Gasteiger partial charge in [0.1, 0.15) is 5.69 Å². The van der Waals surface area contributed by atoms with Gasteiger partial charge < -0.3 is 10.4 Å². The van der Waals surface area contributed by atoms with E-state index in [1.807, 2.05) is 0 Å². The molecule has 0 aliphatic heterocycles. The van der Waals surface area contributed by atoms with Crippen molar-refractivity contribution in [2.75, 3.05) is 6.54 Å². The van der Waals surface area contributed by atoms with Crippen LogP contribution in [0.3, 0.4) is 0 Å². The van der Waals surface area contributed by atoms with Crippen molar-refractivity contribution < 1.29 is 14.7 Å². The number of nitrogens with one attached hydrogen (secondary N) is 1. The minimum atomic E-state index is -0.935. The number of carboxylic acids is 1. The first-order valence-electron chi connectivity index (χ1n) is 4.09. The van der Waals surface area contributed by atoms with Crippen molar-refractivity contribution in [1.82, 2.24) is 15.1 Å². The number of carboxylic acid groups (broad SMARTS) is 1. The first kappa shape index (κ1) is 10.2. The van der Waals surface area contributed by atoms with Gasteiger partial charge in [-0.3, -0.25) is 14.3 Å². The molecule has 76 valence electrons. The van der Waals surface area contributed by atoms with Gasteiger partial charge in [0, 0.05) is 19.8 Å². The molecule has 0 spiro atoms. The summed E-state index contributed by atoms with van der Waals surface area (Å²) < 4.78 is 1.43. The quantitative estimate of drug-likeness (QED) is 0.689. The van der Waals surface area contributed by atoms with E-state index in [9.17, 15) is 9.59 Å². The van der Waals surface area contributed by atoms with Crippen molar-refractivity contribution in [3.8, 4) is 0 Å².